The van der Waals surface area contributed by atoms with E-state index in [-0.39, 0.29) is 0 Å². The monoisotopic (exact) mass is 205 g/mol. The first kappa shape index (κ1) is 9.96. The first-order chi connectivity index (χ1) is 7.16. The van der Waals surface area contributed by atoms with E-state index in [9.17, 15) is 4.79 Å². The molecule has 1 heterocycles. The van der Waals surface area contributed by atoms with Crippen LogP contribution in [0.2, 0.25) is 0 Å². The molecule has 0 saturated heterocycles. The molecule has 2 unspecified atom stereocenters. The van der Waals surface area contributed by atoms with Gasteiger partial charge in [0, 0.05) is 18.4 Å². The van der Waals surface area contributed by atoms with E-state index in [1.54, 1.807) is 12.3 Å². The highest BCUT2D eigenvalue weighted by Gasteiger charge is 2.31. The lowest BCUT2D eigenvalue weighted by molar-refractivity contribution is 0.0995. The lowest BCUT2D eigenvalue weighted by Gasteiger charge is -2.05. The van der Waals surface area contributed by atoms with Crippen LogP contribution in [0.3, 0.4) is 0 Å². The normalized spacial score (nSPS) is 23.5. The largest absolute Gasteiger partial charge is 0.385 e. The molecule has 0 spiro atoms. The van der Waals surface area contributed by atoms with Crippen LogP contribution in [0.25, 0.3) is 0 Å². The number of carbonyl (C=O) groups excluding carboxylic acids is 1. The minimum absolute atomic E-state index is 0.309. The van der Waals surface area contributed by atoms with Crippen LogP contribution >= 0.6 is 0 Å². The Kier molecular flexibility index (Phi) is 2.58. The van der Waals surface area contributed by atoms with Gasteiger partial charge in [0.1, 0.15) is 5.69 Å². The SMILES string of the molecule is CC1CC1CNc1ccnc(C(N)=O)c1. The summed E-state index contributed by atoms with van der Waals surface area (Å²) < 4.78 is 0. The fourth-order valence-corrected chi connectivity index (χ4v) is 1.61. The van der Waals surface area contributed by atoms with Crippen LogP contribution in [0.4, 0.5) is 5.69 Å². The van der Waals surface area contributed by atoms with Crippen LogP contribution in [-0.2, 0) is 0 Å². The molecule has 1 aliphatic carbocycles. The molecule has 1 saturated carbocycles. The van der Waals surface area contributed by atoms with Gasteiger partial charge in [-0.15, -0.1) is 0 Å². The zero-order chi connectivity index (χ0) is 10.8. The summed E-state index contributed by atoms with van der Waals surface area (Å²) in [6.07, 6.45) is 2.89. The van der Waals surface area contributed by atoms with Gasteiger partial charge in [0.25, 0.3) is 5.91 Å². The fraction of sp³-hybridized carbons (Fsp3) is 0.455. The second kappa shape index (κ2) is 3.88. The summed E-state index contributed by atoms with van der Waals surface area (Å²) in [5.74, 6) is 1.11. The number of anilines is 1. The maximum atomic E-state index is 10.9. The van der Waals surface area contributed by atoms with Crippen molar-refractivity contribution in [2.45, 2.75) is 13.3 Å². The molecule has 0 bridgehead atoms. The van der Waals surface area contributed by atoms with Crippen LogP contribution in [0, 0.1) is 11.8 Å². The number of rotatable bonds is 4. The number of primary amides is 1. The standard InChI is InChI=1S/C11H15N3O/c1-7-4-8(7)6-14-9-2-3-13-10(5-9)11(12)15/h2-3,5,7-8H,4,6H2,1H3,(H2,12,15)(H,13,14). The van der Waals surface area contributed by atoms with E-state index in [1.165, 1.54) is 6.42 Å². The van der Waals surface area contributed by atoms with Crippen molar-refractivity contribution >= 4 is 11.6 Å². The van der Waals surface area contributed by atoms with Gasteiger partial charge in [-0.1, -0.05) is 6.92 Å². The predicted octanol–water partition coefficient (Wildman–Crippen LogP) is 1.25. The molecule has 1 fully saturated rings. The topological polar surface area (TPSA) is 68.0 Å². The molecule has 1 aromatic heterocycles. The van der Waals surface area contributed by atoms with Gasteiger partial charge >= 0.3 is 0 Å². The average molecular weight is 205 g/mol. The molecule has 1 amide bonds. The summed E-state index contributed by atoms with van der Waals surface area (Å²) in [4.78, 5) is 14.8. The first-order valence-electron chi connectivity index (χ1n) is 5.16. The van der Waals surface area contributed by atoms with Gasteiger partial charge in [-0.3, -0.25) is 9.78 Å². The van der Waals surface area contributed by atoms with Crippen LogP contribution in [0.15, 0.2) is 18.3 Å². The number of amides is 1. The van der Waals surface area contributed by atoms with Crippen molar-refractivity contribution in [3.8, 4) is 0 Å². The number of nitrogens with zero attached hydrogens (tertiary/aromatic N) is 1. The lowest BCUT2D eigenvalue weighted by atomic mass is 10.3. The number of nitrogens with two attached hydrogens (primary N) is 1. The molecule has 4 heteroatoms. The quantitative estimate of drug-likeness (QED) is 0.777. The summed E-state index contributed by atoms with van der Waals surface area (Å²) in [6.45, 7) is 3.21. The molecule has 0 aromatic carbocycles. The Morgan fingerprint density at radius 3 is 3.07 bits per heavy atom. The van der Waals surface area contributed by atoms with Crippen molar-refractivity contribution in [1.82, 2.24) is 4.98 Å². The molecule has 3 N–H and O–H groups in total. The van der Waals surface area contributed by atoms with Crippen molar-refractivity contribution in [2.75, 3.05) is 11.9 Å². The van der Waals surface area contributed by atoms with E-state index < -0.39 is 5.91 Å². The van der Waals surface area contributed by atoms with Gasteiger partial charge in [0.15, 0.2) is 0 Å². The highest BCUT2D eigenvalue weighted by molar-refractivity contribution is 5.91. The number of hydrogen-bond donors (Lipinski definition) is 2. The van der Waals surface area contributed by atoms with Crippen molar-refractivity contribution in [2.24, 2.45) is 17.6 Å². The van der Waals surface area contributed by atoms with Crippen LogP contribution in [-0.4, -0.2) is 17.4 Å². The van der Waals surface area contributed by atoms with Gasteiger partial charge in [0.05, 0.1) is 0 Å². The molecule has 80 valence electrons. The van der Waals surface area contributed by atoms with Crippen LogP contribution in [0.1, 0.15) is 23.8 Å². The van der Waals surface area contributed by atoms with Gasteiger partial charge in [-0.2, -0.15) is 0 Å². The van der Waals surface area contributed by atoms with Crippen molar-refractivity contribution in [1.29, 1.82) is 0 Å². The van der Waals surface area contributed by atoms with Gasteiger partial charge in [-0.05, 0) is 30.4 Å². The fourth-order valence-electron chi connectivity index (χ4n) is 1.61. The second-order valence-electron chi connectivity index (χ2n) is 4.15. The molecular weight excluding hydrogens is 190 g/mol. The third-order valence-electron chi connectivity index (χ3n) is 2.86. The molecule has 1 aliphatic rings. The van der Waals surface area contributed by atoms with Crippen molar-refractivity contribution in [3.05, 3.63) is 24.0 Å². The van der Waals surface area contributed by atoms with E-state index in [0.29, 0.717) is 5.69 Å². The molecule has 4 nitrogen and oxygen atoms in total. The summed E-state index contributed by atoms with van der Waals surface area (Å²) in [6, 6.07) is 3.54. The molecule has 1 aromatic rings. The van der Waals surface area contributed by atoms with Crippen molar-refractivity contribution < 1.29 is 4.79 Å². The minimum atomic E-state index is -0.488. The summed E-state index contributed by atoms with van der Waals surface area (Å²) >= 11 is 0. The number of hydrogen-bond acceptors (Lipinski definition) is 3. The van der Waals surface area contributed by atoms with Crippen LogP contribution in [0.5, 0.6) is 0 Å². The Hall–Kier alpha value is -1.58. The zero-order valence-corrected chi connectivity index (χ0v) is 8.73. The van der Waals surface area contributed by atoms with E-state index in [1.807, 2.05) is 6.07 Å². The van der Waals surface area contributed by atoms with Gasteiger partial charge < -0.3 is 11.1 Å². The molecule has 2 rings (SSSR count). The second-order valence-corrected chi connectivity index (χ2v) is 4.15. The highest BCUT2D eigenvalue weighted by Crippen LogP contribution is 2.37. The number of carbonyl (C=O) groups is 1. The Balaban J connectivity index is 1.95. The van der Waals surface area contributed by atoms with Crippen molar-refractivity contribution in [3.63, 3.8) is 0 Å². The Morgan fingerprint density at radius 2 is 2.47 bits per heavy atom. The third-order valence-corrected chi connectivity index (χ3v) is 2.86. The summed E-state index contributed by atoms with van der Waals surface area (Å²) in [7, 11) is 0. The predicted molar refractivity (Wildman–Crippen MR) is 58.5 cm³/mol. The number of nitrogens with one attached hydrogen (secondary N) is 1. The maximum absolute atomic E-state index is 10.9. The molecule has 15 heavy (non-hydrogen) atoms. The average Bonchev–Trinajstić information content (AvgIpc) is 2.92. The van der Waals surface area contributed by atoms with E-state index in [2.05, 4.69) is 17.2 Å². The lowest BCUT2D eigenvalue weighted by Crippen LogP contribution is -2.13. The Morgan fingerprint density at radius 1 is 1.73 bits per heavy atom. The van der Waals surface area contributed by atoms with Gasteiger partial charge in [-0.25, -0.2) is 0 Å². The molecule has 2 atom stereocenters. The molecule has 0 aliphatic heterocycles. The van der Waals surface area contributed by atoms with Crippen LogP contribution < -0.4 is 11.1 Å². The smallest absolute Gasteiger partial charge is 0.267 e. The molecule has 0 radical (unpaired) electrons. The maximum Gasteiger partial charge on any atom is 0.267 e. The van der Waals surface area contributed by atoms with E-state index >= 15 is 0 Å². The third kappa shape index (κ3) is 2.46. The first-order valence-corrected chi connectivity index (χ1v) is 5.16. The number of pyridine rings is 1. The highest BCUT2D eigenvalue weighted by atomic mass is 16.1. The summed E-state index contributed by atoms with van der Waals surface area (Å²) in [5, 5.41) is 3.28. The zero-order valence-electron chi connectivity index (χ0n) is 8.73. The summed E-state index contributed by atoms with van der Waals surface area (Å²) in [5.41, 5.74) is 6.37. The minimum Gasteiger partial charge on any atom is -0.385 e. The molecular formula is C11H15N3O. The number of aromatic nitrogens is 1. The Bertz CT molecular complexity index is 378. The Labute approximate surface area is 88.9 Å². The van der Waals surface area contributed by atoms with E-state index in [4.69, 9.17) is 5.73 Å². The van der Waals surface area contributed by atoms with E-state index in [0.717, 1.165) is 24.1 Å². The van der Waals surface area contributed by atoms with Gasteiger partial charge in [0.2, 0.25) is 0 Å².